The van der Waals surface area contributed by atoms with Crippen LogP contribution in [0.3, 0.4) is 0 Å². The molecule has 0 saturated heterocycles. The fourth-order valence-corrected chi connectivity index (χ4v) is 5.10. The van der Waals surface area contributed by atoms with Crippen molar-refractivity contribution in [2.24, 2.45) is 0 Å². The first-order valence-corrected chi connectivity index (χ1v) is 11.2. The van der Waals surface area contributed by atoms with Gasteiger partial charge in [-0.1, -0.05) is 103 Å². The van der Waals surface area contributed by atoms with E-state index >= 15 is 0 Å². The Bertz CT molecular complexity index is 1810. The van der Waals surface area contributed by atoms with Gasteiger partial charge in [0, 0.05) is 21.7 Å². The molecule has 0 amide bonds. The van der Waals surface area contributed by atoms with Gasteiger partial charge in [-0.25, -0.2) is 4.98 Å². The van der Waals surface area contributed by atoms with E-state index in [4.69, 9.17) is 4.98 Å². The zero-order valence-corrected chi connectivity index (χ0v) is 17.9. The van der Waals surface area contributed by atoms with Crippen LogP contribution in [0.15, 0.2) is 121 Å². The molecule has 7 rings (SSSR count). The van der Waals surface area contributed by atoms with Crippen LogP contribution in [0.1, 0.15) is 0 Å². The lowest BCUT2D eigenvalue weighted by molar-refractivity contribution is 1.09. The highest BCUT2D eigenvalue weighted by atomic mass is 15.1. The van der Waals surface area contributed by atoms with Gasteiger partial charge in [-0.3, -0.25) is 4.57 Å². The molecule has 0 aliphatic carbocycles. The molecular weight excluding hydrogens is 400 g/mol. The summed E-state index contributed by atoms with van der Waals surface area (Å²) in [4.78, 5) is 5.12. The first-order valence-electron chi connectivity index (χ1n) is 11.2. The standard InChI is InChI=1S/C31H20N2/c1-2-10-22(11-3-1)28-14-8-16-30(32-28)33-29-15-7-6-13-25(29)27-20-19-24-23-12-5-4-9-21(23)17-18-26(24)31(27)33/h1-20H. The van der Waals surface area contributed by atoms with Crippen LogP contribution < -0.4 is 0 Å². The molecule has 2 aromatic heterocycles. The maximum absolute atomic E-state index is 5.12. The molecule has 0 atom stereocenters. The van der Waals surface area contributed by atoms with Gasteiger partial charge in [0.05, 0.1) is 16.7 Å². The van der Waals surface area contributed by atoms with E-state index in [-0.39, 0.29) is 0 Å². The first-order chi connectivity index (χ1) is 16.4. The summed E-state index contributed by atoms with van der Waals surface area (Å²) in [5.41, 5.74) is 4.48. The summed E-state index contributed by atoms with van der Waals surface area (Å²) in [6.07, 6.45) is 0. The lowest BCUT2D eigenvalue weighted by Crippen LogP contribution is -1.99. The average Bonchev–Trinajstić information content (AvgIpc) is 3.24. The predicted molar refractivity (Wildman–Crippen MR) is 139 cm³/mol. The Balaban J connectivity index is 1.63. The van der Waals surface area contributed by atoms with E-state index in [0.717, 1.165) is 17.1 Å². The van der Waals surface area contributed by atoms with Gasteiger partial charge < -0.3 is 0 Å². The summed E-state index contributed by atoms with van der Waals surface area (Å²) in [5, 5.41) is 7.55. The summed E-state index contributed by atoms with van der Waals surface area (Å²) in [7, 11) is 0. The van der Waals surface area contributed by atoms with Crippen LogP contribution >= 0.6 is 0 Å². The van der Waals surface area contributed by atoms with E-state index in [1.807, 2.05) is 6.07 Å². The van der Waals surface area contributed by atoms with Gasteiger partial charge >= 0.3 is 0 Å². The van der Waals surface area contributed by atoms with Crippen molar-refractivity contribution in [1.29, 1.82) is 0 Å². The Morgan fingerprint density at radius 2 is 1.15 bits per heavy atom. The van der Waals surface area contributed by atoms with Crippen molar-refractivity contribution >= 4 is 43.4 Å². The Hall–Kier alpha value is -4.43. The SMILES string of the molecule is c1ccc(-c2cccc(-n3c4ccccc4c4ccc5c6ccccc6ccc5c43)n2)cc1. The second-order valence-electron chi connectivity index (χ2n) is 8.44. The molecule has 2 nitrogen and oxygen atoms in total. The molecule has 7 aromatic rings. The lowest BCUT2D eigenvalue weighted by Gasteiger charge is -2.11. The zero-order valence-electron chi connectivity index (χ0n) is 17.9. The van der Waals surface area contributed by atoms with Crippen LogP contribution in [0.2, 0.25) is 0 Å². The predicted octanol–water partition coefficient (Wildman–Crippen LogP) is 8.15. The Labute approximate surface area is 191 Å². The van der Waals surface area contributed by atoms with E-state index in [0.29, 0.717) is 0 Å². The van der Waals surface area contributed by atoms with Crippen molar-refractivity contribution in [2.75, 3.05) is 0 Å². The number of pyridine rings is 1. The molecule has 33 heavy (non-hydrogen) atoms. The zero-order chi connectivity index (χ0) is 21.8. The molecule has 2 heteroatoms. The first kappa shape index (κ1) is 18.2. The third-order valence-corrected chi connectivity index (χ3v) is 6.59. The van der Waals surface area contributed by atoms with E-state index < -0.39 is 0 Å². The molecule has 5 aromatic carbocycles. The second kappa shape index (κ2) is 7.04. The van der Waals surface area contributed by atoms with Crippen LogP contribution in [0.25, 0.3) is 60.4 Å². The molecule has 0 saturated carbocycles. The van der Waals surface area contributed by atoms with Gasteiger partial charge in [-0.2, -0.15) is 0 Å². The number of benzene rings is 5. The Morgan fingerprint density at radius 1 is 0.455 bits per heavy atom. The van der Waals surface area contributed by atoms with Crippen LogP contribution in [-0.2, 0) is 0 Å². The molecule has 0 bridgehead atoms. The maximum atomic E-state index is 5.12. The molecule has 0 aliphatic rings. The third-order valence-electron chi connectivity index (χ3n) is 6.59. The summed E-state index contributed by atoms with van der Waals surface area (Å²) in [5.74, 6) is 0.934. The van der Waals surface area contributed by atoms with Crippen LogP contribution in [0.4, 0.5) is 0 Å². The fourth-order valence-electron chi connectivity index (χ4n) is 5.10. The van der Waals surface area contributed by atoms with Gasteiger partial charge in [0.25, 0.3) is 0 Å². The van der Waals surface area contributed by atoms with Gasteiger partial charge in [-0.05, 0) is 34.4 Å². The minimum Gasteiger partial charge on any atom is -0.293 e. The molecule has 0 unspecified atom stereocenters. The Morgan fingerprint density at radius 3 is 2.06 bits per heavy atom. The van der Waals surface area contributed by atoms with Crippen LogP contribution in [0, 0.1) is 0 Å². The van der Waals surface area contributed by atoms with Gasteiger partial charge in [0.1, 0.15) is 5.82 Å². The number of hydrogen-bond donors (Lipinski definition) is 0. The molecule has 0 aliphatic heterocycles. The van der Waals surface area contributed by atoms with Gasteiger partial charge in [-0.15, -0.1) is 0 Å². The molecular formula is C31H20N2. The number of nitrogens with zero attached hydrogens (tertiary/aromatic N) is 2. The second-order valence-corrected chi connectivity index (χ2v) is 8.44. The van der Waals surface area contributed by atoms with Gasteiger partial charge in [0.2, 0.25) is 0 Å². The van der Waals surface area contributed by atoms with E-state index in [9.17, 15) is 0 Å². The van der Waals surface area contributed by atoms with Gasteiger partial charge in [0.15, 0.2) is 0 Å². The Kier molecular flexibility index (Phi) is 3.88. The molecule has 2 heterocycles. The molecule has 0 radical (unpaired) electrons. The highest BCUT2D eigenvalue weighted by Crippen LogP contribution is 2.38. The number of hydrogen-bond acceptors (Lipinski definition) is 1. The molecule has 0 spiro atoms. The van der Waals surface area contributed by atoms with E-state index in [2.05, 4.69) is 120 Å². The number of para-hydroxylation sites is 1. The summed E-state index contributed by atoms with van der Waals surface area (Å²) in [6.45, 7) is 0. The topological polar surface area (TPSA) is 17.8 Å². The van der Waals surface area contributed by atoms with Crippen LogP contribution in [0.5, 0.6) is 0 Å². The van der Waals surface area contributed by atoms with Crippen molar-refractivity contribution in [2.45, 2.75) is 0 Å². The highest BCUT2D eigenvalue weighted by Gasteiger charge is 2.16. The van der Waals surface area contributed by atoms with E-state index in [1.165, 1.54) is 43.4 Å². The van der Waals surface area contributed by atoms with Crippen molar-refractivity contribution in [3.05, 3.63) is 121 Å². The summed E-state index contributed by atoms with van der Waals surface area (Å²) in [6, 6.07) is 42.9. The average molecular weight is 421 g/mol. The fraction of sp³-hybridized carbons (Fsp3) is 0. The minimum atomic E-state index is 0.934. The third kappa shape index (κ3) is 2.71. The molecule has 0 N–H and O–H groups in total. The highest BCUT2D eigenvalue weighted by molar-refractivity contribution is 6.22. The lowest BCUT2D eigenvalue weighted by atomic mass is 9.99. The van der Waals surface area contributed by atoms with Crippen LogP contribution in [-0.4, -0.2) is 9.55 Å². The van der Waals surface area contributed by atoms with Crippen molar-refractivity contribution < 1.29 is 0 Å². The minimum absolute atomic E-state index is 0.934. The largest absolute Gasteiger partial charge is 0.293 e. The summed E-state index contributed by atoms with van der Waals surface area (Å²) < 4.78 is 2.33. The van der Waals surface area contributed by atoms with Crippen molar-refractivity contribution in [1.82, 2.24) is 9.55 Å². The van der Waals surface area contributed by atoms with Crippen molar-refractivity contribution in [3.8, 4) is 17.1 Å². The number of aromatic nitrogens is 2. The monoisotopic (exact) mass is 420 g/mol. The maximum Gasteiger partial charge on any atom is 0.138 e. The number of rotatable bonds is 2. The smallest absolute Gasteiger partial charge is 0.138 e. The van der Waals surface area contributed by atoms with E-state index in [1.54, 1.807) is 0 Å². The number of fused-ring (bicyclic) bond motifs is 7. The molecule has 0 fully saturated rings. The molecule has 154 valence electrons. The normalized spacial score (nSPS) is 11.6. The quantitative estimate of drug-likeness (QED) is 0.258. The summed E-state index contributed by atoms with van der Waals surface area (Å²) >= 11 is 0. The van der Waals surface area contributed by atoms with Crippen molar-refractivity contribution in [3.63, 3.8) is 0 Å².